The summed E-state index contributed by atoms with van der Waals surface area (Å²) >= 11 is 0. The molecule has 0 aromatic heterocycles. The number of hydrogen-bond donors (Lipinski definition) is 1. The van der Waals surface area contributed by atoms with E-state index < -0.39 is 5.60 Å². The maximum absolute atomic E-state index is 12.0. The van der Waals surface area contributed by atoms with Crippen LogP contribution in [0.3, 0.4) is 0 Å². The fourth-order valence-electron chi connectivity index (χ4n) is 2.78. The van der Waals surface area contributed by atoms with Crippen molar-refractivity contribution in [2.24, 2.45) is 11.8 Å². The molecule has 0 bridgehead atoms. The molecule has 0 spiro atoms. The molecule has 0 aromatic rings. The maximum atomic E-state index is 12.0. The summed E-state index contributed by atoms with van der Waals surface area (Å²) in [5.41, 5.74) is -0.705. The number of unbranched alkanes of at least 4 members (excludes halogenated alkanes) is 2. The van der Waals surface area contributed by atoms with E-state index in [9.17, 15) is 9.90 Å². The normalized spacial score (nSPS) is 16.6. The standard InChI is InChI=1S/C16H32O2/c1-6-8-9-10-14(17)12-15(13(3)4)16(5,18)11-7-2/h13,15,18H,6-12H2,1-5H3. The maximum Gasteiger partial charge on any atom is 0.133 e. The molecule has 0 radical (unpaired) electrons. The molecule has 18 heavy (non-hydrogen) atoms. The van der Waals surface area contributed by atoms with Crippen LogP contribution in [-0.2, 0) is 4.79 Å². The van der Waals surface area contributed by atoms with Crippen LogP contribution >= 0.6 is 0 Å². The molecule has 0 rings (SSSR count). The van der Waals surface area contributed by atoms with E-state index >= 15 is 0 Å². The Bertz CT molecular complexity index is 231. The predicted octanol–water partition coefficient (Wildman–Crippen LogP) is 4.35. The van der Waals surface area contributed by atoms with Crippen LogP contribution in [0.15, 0.2) is 0 Å². The third-order valence-corrected chi connectivity index (χ3v) is 3.87. The van der Waals surface area contributed by atoms with Gasteiger partial charge in [0.2, 0.25) is 0 Å². The van der Waals surface area contributed by atoms with Crippen LogP contribution in [0.1, 0.15) is 79.6 Å². The van der Waals surface area contributed by atoms with Crippen molar-refractivity contribution in [3.8, 4) is 0 Å². The third-order valence-electron chi connectivity index (χ3n) is 3.87. The lowest BCUT2D eigenvalue weighted by atomic mass is 9.75. The molecule has 0 saturated carbocycles. The lowest BCUT2D eigenvalue weighted by Crippen LogP contribution is -2.39. The number of hydrogen-bond acceptors (Lipinski definition) is 2. The fraction of sp³-hybridized carbons (Fsp3) is 0.938. The highest BCUT2D eigenvalue weighted by Gasteiger charge is 2.34. The first-order valence-corrected chi connectivity index (χ1v) is 7.59. The SMILES string of the molecule is CCCCCC(=O)CC(C(C)C)C(C)(O)CCC. The molecule has 2 nitrogen and oxygen atoms in total. The van der Waals surface area contributed by atoms with Gasteiger partial charge in [-0.1, -0.05) is 47.0 Å². The molecule has 0 heterocycles. The van der Waals surface area contributed by atoms with Crippen molar-refractivity contribution < 1.29 is 9.90 Å². The number of Topliss-reactive ketones (excluding diaryl/α,β-unsaturated/α-hetero) is 1. The molecule has 0 aliphatic carbocycles. The second-order valence-electron chi connectivity index (χ2n) is 6.16. The molecule has 108 valence electrons. The molecule has 0 amide bonds. The monoisotopic (exact) mass is 256 g/mol. The summed E-state index contributed by atoms with van der Waals surface area (Å²) in [4.78, 5) is 12.0. The van der Waals surface area contributed by atoms with Crippen LogP contribution in [-0.4, -0.2) is 16.5 Å². The summed E-state index contributed by atoms with van der Waals surface area (Å²) in [7, 11) is 0. The molecule has 0 fully saturated rings. The minimum absolute atomic E-state index is 0.0894. The second kappa shape index (κ2) is 8.68. The van der Waals surface area contributed by atoms with Crippen molar-refractivity contribution in [3.63, 3.8) is 0 Å². The smallest absolute Gasteiger partial charge is 0.133 e. The van der Waals surface area contributed by atoms with Crippen molar-refractivity contribution in [2.45, 2.75) is 85.2 Å². The Labute approximate surface area is 113 Å². The summed E-state index contributed by atoms with van der Waals surface area (Å²) in [6, 6.07) is 0. The van der Waals surface area contributed by atoms with E-state index in [1.54, 1.807) is 0 Å². The minimum Gasteiger partial charge on any atom is -0.390 e. The van der Waals surface area contributed by atoms with Gasteiger partial charge in [-0.25, -0.2) is 0 Å². The van der Waals surface area contributed by atoms with E-state index in [2.05, 4.69) is 27.7 Å². The Morgan fingerprint density at radius 2 is 1.78 bits per heavy atom. The fourth-order valence-corrected chi connectivity index (χ4v) is 2.78. The van der Waals surface area contributed by atoms with E-state index in [4.69, 9.17) is 0 Å². The summed E-state index contributed by atoms with van der Waals surface area (Å²) < 4.78 is 0. The predicted molar refractivity (Wildman–Crippen MR) is 77.6 cm³/mol. The Kier molecular flexibility index (Phi) is 8.51. The zero-order valence-electron chi connectivity index (χ0n) is 13.0. The van der Waals surface area contributed by atoms with Gasteiger partial charge >= 0.3 is 0 Å². The van der Waals surface area contributed by atoms with Gasteiger partial charge in [0.1, 0.15) is 5.78 Å². The van der Waals surface area contributed by atoms with E-state index in [0.29, 0.717) is 24.5 Å². The van der Waals surface area contributed by atoms with Gasteiger partial charge in [0, 0.05) is 12.8 Å². The molecule has 0 aliphatic heterocycles. The first-order chi connectivity index (χ1) is 8.35. The van der Waals surface area contributed by atoms with Gasteiger partial charge in [0.25, 0.3) is 0 Å². The van der Waals surface area contributed by atoms with Crippen LogP contribution < -0.4 is 0 Å². The van der Waals surface area contributed by atoms with Crippen molar-refractivity contribution >= 4 is 5.78 Å². The van der Waals surface area contributed by atoms with Gasteiger partial charge in [-0.2, -0.15) is 0 Å². The highest BCUT2D eigenvalue weighted by Crippen LogP contribution is 2.32. The zero-order chi connectivity index (χ0) is 14.2. The van der Waals surface area contributed by atoms with Crippen LogP contribution in [0.25, 0.3) is 0 Å². The average Bonchev–Trinajstić information content (AvgIpc) is 2.25. The van der Waals surface area contributed by atoms with Crippen molar-refractivity contribution in [1.82, 2.24) is 0 Å². The van der Waals surface area contributed by atoms with Crippen molar-refractivity contribution in [2.75, 3.05) is 0 Å². The molecule has 2 atom stereocenters. The lowest BCUT2D eigenvalue weighted by molar-refractivity contribution is -0.124. The van der Waals surface area contributed by atoms with Gasteiger partial charge < -0.3 is 5.11 Å². The molecule has 0 saturated heterocycles. The molecule has 0 aromatic carbocycles. The molecule has 0 aliphatic rings. The topological polar surface area (TPSA) is 37.3 Å². The zero-order valence-corrected chi connectivity index (χ0v) is 13.0. The van der Waals surface area contributed by atoms with Gasteiger partial charge in [0.15, 0.2) is 0 Å². The van der Waals surface area contributed by atoms with Gasteiger partial charge in [0.05, 0.1) is 5.60 Å². The number of carbonyl (C=O) groups is 1. The molecular weight excluding hydrogens is 224 g/mol. The highest BCUT2D eigenvalue weighted by atomic mass is 16.3. The van der Waals surface area contributed by atoms with E-state index in [0.717, 1.165) is 32.1 Å². The third kappa shape index (κ3) is 6.53. The van der Waals surface area contributed by atoms with Crippen LogP contribution in [0, 0.1) is 11.8 Å². The Balaban J connectivity index is 4.40. The Morgan fingerprint density at radius 3 is 2.22 bits per heavy atom. The largest absolute Gasteiger partial charge is 0.390 e. The molecular formula is C16H32O2. The Morgan fingerprint density at radius 1 is 1.17 bits per heavy atom. The number of ketones is 1. The number of carbonyl (C=O) groups excluding carboxylic acids is 1. The van der Waals surface area contributed by atoms with Gasteiger partial charge in [-0.3, -0.25) is 4.79 Å². The summed E-state index contributed by atoms with van der Waals surface area (Å²) in [5, 5.41) is 10.5. The van der Waals surface area contributed by atoms with Crippen molar-refractivity contribution in [1.29, 1.82) is 0 Å². The lowest BCUT2D eigenvalue weighted by Gasteiger charge is -2.35. The molecule has 2 heteroatoms. The van der Waals surface area contributed by atoms with Crippen LogP contribution in [0.4, 0.5) is 0 Å². The molecule has 2 unspecified atom stereocenters. The first-order valence-electron chi connectivity index (χ1n) is 7.59. The Hall–Kier alpha value is -0.370. The average molecular weight is 256 g/mol. The minimum atomic E-state index is -0.705. The number of rotatable bonds is 10. The van der Waals surface area contributed by atoms with E-state index in [-0.39, 0.29) is 5.92 Å². The second-order valence-corrected chi connectivity index (χ2v) is 6.16. The number of aliphatic hydroxyl groups is 1. The van der Waals surface area contributed by atoms with Gasteiger partial charge in [-0.05, 0) is 31.6 Å². The quantitative estimate of drug-likeness (QED) is 0.590. The molecule has 1 N–H and O–H groups in total. The van der Waals surface area contributed by atoms with E-state index in [1.807, 2.05) is 6.92 Å². The van der Waals surface area contributed by atoms with Crippen molar-refractivity contribution in [3.05, 3.63) is 0 Å². The van der Waals surface area contributed by atoms with E-state index in [1.165, 1.54) is 0 Å². The van der Waals surface area contributed by atoms with Crippen LogP contribution in [0.5, 0.6) is 0 Å². The van der Waals surface area contributed by atoms with Crippen LogP contribution in [0.2, 0.25) is 0 Å². The highest BCUT2D eigenvalue weighted by molar-refractivity contribution is 5.78. The first kappa shape index (κ1) is 17.6. The summed E-state index contributed by atoms with van der Waals surface area (Å²) in [6.45, 7) is 10.3. The van der Waals surface area contributed by atoms with Gasteiger partial charge in [-0.15, -0.1) is 0 Å². The summed E-state index contributed by atoms with van der Waals surface area (Å²) in [6.07, 6.45) is 6.22. The summed E-state index contributed by atoms with van der Waals surface area (Å²) in [5.74, 6) is 0.756.